The highest BCUT2D eigenvalue weighted by atomic mass is 19.1. The Morgan fingerprint density at radius 3 is 2.33 bits per heavy atom. The Labute approximate surface area is 210 Å². The topological polar surface area (TPSA) is 50.6 Å². The van der Waals surface area contributed by atoms with Crippen LogP contribution in [-0.2, 0) is 16.1 Å². The van der Waals surface area contributed by atoms with Crippen molar-refractivity contribution in [2.75, 3.05) is 33.4 Å². The maximum atomic E-state index is 15.0. The smallest absolute Gasteiger partial charge is 0.151 e. The quantitative estimate of drug-likeness (QED) is 0.341. The highest BCUT2D eigenvalue weighted by Crippen LogP contribution is 2.31. The van der Waals surface area contributed by atoms with Gasteiger partial charge in [0.2, 0.25) is 0 Å². The van der Waals surface area contributed by atoms with Gasteiger partial charge in [0, 0.05) is 30.8 Å². The third kappa shape index (κ3) is 4.99. The van der Waals surface area contributed by atoms with Crippen molar-refractivity contribution in [3.05, 3.63) is 96.4 Å². The molecule has 0 saturated carbocycles. The van der Waals surface area contributed by atoms with Crippen molar-refractivity contribution in [3.8, 4) is 28.1 Å². The Kier molecular flexibility index (Phi) is 7.32. The van der Waals surface area contributed by atoms with E-state index >= 15 is 4.39 Å². The fourth-order valence-electron chi connectivity index (χ4n) is 4.73. The average molecular weight is 485 g/mol. The van der Waals surface area contributed by atoms with Crippen molar-refractivity contribution in [1.82, 2.24) is 19.6 Å². The third-order valence-corrected chi connectivity index (χ3v) is 6.61. The number of nitrogens with zero attached hydrogens (tertiary/aromatic N) is 4. The Hall–Kier alpha value is -3.65. The van der Waals surface area contributed by atoms with E-state index in [0.29, 0.717) is 44.1 Å². The Balaban J connectivity index is 1.50. The number of rotatable bonds is 8. The molecule has 2 heterocycles. The summed E-state index contributed by atoms with van der Waals surface area (Å²) in [5, 5.41) is 4.66. The number of likely N-dealkylation sites (N-methyl/N-ethyl adjacent to an activating group) is 1. The summed E-state index contributed by atoms with van der Waals surface area (Å²) in [5.74, 6) is -0.316. The van der Waals surface area contributed by atoms with Gasteiger partial charge in [-0.05, 0) is 42.4 Å². The minimum atomic E-state index is -0.393. The van der Waals surface area contributed by atoms with E-state index in [1.54, 1.807) is 23.0 Å². The first-order valence-corrected chi connectivity index (χ1v) is 12.1. The largest absolute Gasteiger partial charge is 0.379 e. The Bertz CT molecular complexity index is 1300. The van der Waals surface area contributed by atoms with E-state index in [2.05, 4.69) is 22.1 Å². The predicted molar refractivity (Wildman–Crippen MR) is 138 cm³/mol. The first kappa shape index (κ1) is 24.1. The number of aldehydes is 1. The SMILES string of the molecule is CN(Cc1cnn(-c2ccc(-c3ccccc3)cc2)c1-c1ccccc1F)C(C=O)N1CCOCC1. The van der Waals surface area contributed by atoms with Crippen LogP contribution in [0.1, 0.15) is 5.56 Å². The summed E-state index contributed by atoms with van der Waals surface area (Å²) in [4.78, 5) is 16.1. The molecule has 1 atom stereocenters. The molecule has 3 aromatic carbocycles. The molecule has 1 aliphatic heterocycles. The number of hydrogen-bond donors (Lipinski definition) is 0. The van der Waals surface area contributed by atoms with E-state index in [1.165, 1.54) is 6.07 Å². The number of halogens is 1. The molecular weight excluding hydrogens is 455 g/mol. The van der Waals surface area contributed by atoms with Gasteiger partial charge in [-0.15, -0.1) is 0 Å². The summed E-state index contributed by atoms with van der Waals surface area (Å²) >= 11 is 0. The van der Waals surface area contributed by atoms with Crippen LogP contribution in [0.4, 0.5) is 4.39 Å². The summed E-state index contributed by atoms with van der Waals surface area (Å²) in [6.45, 7) is 3.04. The molecule has 7 heteroatoms. The summed E-state index contributed by atoms with van der Waals surface area (Å²) in [7, 11) is 1.91. The molecule has 0 aliphatic carbocycles. The van der Waals surface area contributed by atoms with Gasteiger partial charge in [-0.25, -0.2) is 9.07 Å². The number of benzene rings is 3. The van der Waals surface area contributed by atoms with Gasteiger partial charge in [-0.1, -0.05) is 54.6 Å². The van der Waals surface area contributed by atoms with Crippen LogP contribution in [0.25, 0.3) is 28.1 Å². The van der Waals surface area contributed by atoms with Crippen molar-refractivity contribution < 1.29 is 13.9 Å². The van der Waals surface area contributed by atoms with E-state index in [0.717, 1.165) is 28.7 Å². The van der Waals surface area contributed by atoms with Gasteiger partial charge in [0.05, 0.1) is 30.8 Å². The molecule has 0 spiro atoms. The lowest BCUT2D eigenvalue weighted by atomic mass is 10.0. The molecule has 6 nitrogen and oxygen atoms in total. The first-order chi connectivity index (χ1) is 17.7. The Morgan fingerprint density at radius 2 is 1.64 bits per heavy atom. The van der Waals surface area contributed by atoms with Crippen LogP contribution in [0.3, 0.4) is 0 Å². The standard InChI is InChI=1S/C29H29FN4O2/c1-32(28(21-35)33-15-17-36-18-16-33)20-24-19-31-34(29(24)26-9-5-6-10-27(26)30)25-13-11-23(12-14-25)22-7-3-2-4-8-22/h2-14,19,21,28H,15-18,20H2,1H3. The molecule has 1 aromatic heterocycles. The first-order valence-electron chi connectivity index (χ1n) is 12.1. The molecular formula is C29H29FN4O2. The highest BCUT2D eigenvalue weighted by Gasteiger charge is 2.26. The Morgan fingerprint density at radius 1 is 0.972 bits per heavy atom. The zero-order valence-corrected chi connectivity index (χ0v) is 20.3. The molecule has 1 fully saturated rings. The molecule has 0 bridgehead atoms. The van der Waals surface area contributed by atoms with Crippen LogP contribution >= 0.6 is 0 Å². The van der Waals surface area contributed by atoms with Gasteiger partial charge in [0.1, 0.15) is 12.0 Å². The maximum absolute atomic E-state index is 15.0. The fraction of sp³-hybridized carbons (Fsp3) is 0.241. The lowest BCUT2D eigenvalue weighted by Crippen LogP contribution is -2.51. The number of aromatic nitrogens is 2. The normalized spacial score (nSPS) is 15.2. The van der Waals surface area contributed by atoms with Crippen molar-refractivity contribution in [3.63, 3.8) is 0 Å². The van der Waals surface area contributed by atoms with Gasteiger partial charge < -0.3 is 9.53 Å². The molecule has 5 rings (SSSR count). The number of carbonyl (C=O) groups is 1. The second-order valence-corrected chi connectivity index (χ2v) is 8.94. The van der Waals surface area contributed by atoms with Crippen LogP contribution < -0.4 is 0 Å². The summed E-state index contributed by atoms with van der Waals surface area (Å²) in [6.07, 6.45) is 2.33. The number of hydrogen-bond acceptors (Lipinski definition) is 5. The van der Waals surface area contributed by atoms with E-state index in [9.17, 15) is 4.79 Å². The van der Waals surface area contributed by atoms with Crippen LogP contribution in [0.15, 0.2) is 85.1 Å². The van der Waals surface area contributed by atoms with E-state index in [1.807, 2.05) is 60.5 Å². The van der Waals surface area contributed by atoms with Crippen molar-refractivity contribution >= 4 is 6.29 Å². The summed E-state index contributed by atoms with van der Waals surface area (Å²) < 4.78 is 22.3. The molecule has 0 radical (unpaired) electrons. The molecule has 0 N–H and O–H groups in total. The van der Waals surface area contributed by atoms with E-state index in [-0.39, 0.29) is 5.82 Å². The number of carbonyl (C=O) groups excluding carboxylic acids is 1. The second-order valence-electron chi connectivity index (χ2n) is 8.94. The summed E-state index contributed by atoms with van der Waals surface area (Å²) in [6, 6.07) is 25.0. The minimum Gasteiger partial charge on any atom is -0.379 e. The lowest BCUT2D eigenvalue weighted by molar-refractivity contribution is -0.121. The minimum absolute atomic E-state index is 0.316. The molecule has 1 unspecified atom stereocenters. The van der Waals surface area contributed by atoms with Crippen molar-refractivity contribution in [1.29, 1.82) is 0 Å². The fourth-order valence-corrected chi connectivity index (χ4v) is 4.73. The van der Waals surface area contributed by atoms with Crippen LogP contribution in [0.2, 0.25) is 0 Å². The molecule has 1 saturated heterocycles. The number of ether oxygens (including phenoxy) is 1. The van der Waals surface area contributed by atoms with Crippen molar-refractivity contribution in [2.45, 2.75) is 12.7 Å². The maximum Gasteiger partial charge on any atom is 0.151 e. The van der Waals surface area contributed by atoms with E-state index < -0.39 is 6.17 Å². The van der Waals surface area contributed by atoms with Crippen LogP contribution in [-0.4, -0.2) is 65.4 Å². The molecule has 36 heavy (non-hydrogen) atoms. The van der Waals surface area contributed by atoms with Crippen molar-refractivity contribution in [2.24, 2.45) is 0 Å². The predicted octanol–water partition coefficient (Wildman–Crippen LogP) is 4.63. The van der Waals surface area contributed by atoms with Gasteiger partial charge in [0.15, 0.2) is 6.29 Å². The number of morpholine rings is 1. The monoisotopic (exact) mass is 484 g/mol. The zero-order valence-electron chi connectivity index (χ0n) is 20.3. The molecule has 1 aliphatic rings. The molecule has 184 valence electrons. The van der Waals surface area contributed by atoms with Crippen LogP contribution in [0.5, 0.6) is 0 Å². The zero-order chi connectivity index (χ0) is 24.9. The van der Waals surface area contributed by atoms with E-state index in [4.69, 9.17) is 4.74 Å². The van der Waals surface area contributed by atoms with Gasteiger partial charge in [-0.2, -0.15) is 5.10 Å². The molecule has 0 amide bonds. The molecule has 4 aromatic rings. The summed E-state index contributed by atoms with van der Waals surface area (Å²) in [5.41, 5.74) is 5.05. The van der Waals surface area contributed by atoms with Crippen LogP contribution in [0, 0.1) is 5.82 Å². The second kappa shape index (κ2) is 11.0. The van der Waals surface area contributed by atoms with Gasteiger partial charge in [0.25, 0.3) is 0 Å². The average Bonchev–Trinajstić information content (AvgIpc) is 3.33. The van der Waals surface area contributed by atoms with Gasteiger partial charge in [-0.3, -0.25) is 9.80 Å². The third-order valence-electron chi connectivity index (χ3n) is 6.61. The van der Waals surface area contributed by atoms with Gasteiger partial charge >= 0.3 is 0 Å². The lowest BCUT2D eigenvalue weighted by Gasteiger charge is -2.36. The highest BCUT2D eigenvalue weighted by molar-refractivity contribution is 5.68.